The van der Waals surface area contributed by atoms with Crippen molar-refractivity contribution in [3.05, 3.63) is 83.1 Å². The molecule has 1 aliphatic heterocycles. The van der Waals surface area contributed by atoms with Gasteiger partial charge in [-0.3, -0.25) is 9.78 Å². The highest BCUT2D eigenvalue weighted by Gasteiger charge is 2.20. The lowest BCUT2D eigenvalue weighted by molar-refractivity contribution is -0.136. The minimum Gasteiger partial charge on any atom is -0.481 e. The smallest absolute Gasteiger partial charge is 0.307 e. The topological polar surface area (TPSA) is 82.5 Å². The van der Waals surface area contributed by atoms with Crippen molar-refractivity contribution in [1.29, 1.82) is 0 Å². The molecule has 0 atom stereocenters. The summed E-state index contributed by atoms with van der Waals surface area (Å²) in [5.41, 5.74) is 7.08. The highest BCUT2D eigenvalue weighted by atomic mass is 35.5. The van der Waals surface area contributed by atoms with Gasteiger partial charge in [0.1, 0.15) is 10.8 Å². The van der Waals surface area contributed by atoms with Gasteiger partial charge in [0.25, 0.3) is 0 Å². The van der Waals surface area contributed by atoms with Crippen molar-refractivity contribution in [2.75, 3.05) is 38.1 Å². The fourth-order valence-electron chi connectivity index (χ4n) is 5.14. The number of carboxylic acid groups (broad SMARTS) is 1. The van der Waals surface area contributed by atoms with Crippen LogP contribution in [-0.4, -0.2) is 64.2 Å². The predicted molar refractivity (Wildman–Crippen MR) is 162 cm³/mol. The van der Waals surface area contributed by atoms with Crippen LogP contribution < -0.4 is 4.90 Å². The fraction of sp³-hybridized carbons (Fsp3) is 0.226. The van der Waals surface area contributed by atoms with E-state index in [1.165, 1.54) is 0 Å². The first kappa shape index (κ1) is 26.4. The van der Waals surface area contributed by atoms with Crippen LogP contribution in [0.1, 0.15) is 11.1 Å². The van der Waals surface area contributed by atoms with Gasteiger partial charge in [0.15, 0.2) is 0 Å². The molecule has 0 radical (unpaired) electrons. The van der Waals surface area contributed by atoms with Gasteiger partial charge in [-0.25, -0.2) is 9.97 Å². The minimum atomic E-state index is -0.867. The second-order valence-electron chi connectivity index (χ2n) is 10.1. The Morgan fingerprint density at radius 2 is 1.73 bits per heavy atom. The van der Waals surface area contributed by atoms with Crippen LogP contribution in [0.25, 0.3) is 43.2 Å². The normalized spacial score (nSPS) is 14.1. The Kier molecular flexibility index (Phi) is 7.23. The average Bonchev–Trinajstić information content (AvgIpc) is 3.38. The molecular weight excluding hydrogens is 542 g/mol. The molecule has 7 nitrogen and oxygen atoms in total. The molecular formula is C31H28ClN5O2S. The SMILES string of the molecule is Cc1cc2nc(-c3ccnc(-c4ccc(N5CCN(C)CC5)nc4)c3)sc2c(-c2ccc(Cl)cc2)c1CC(=O)O. The molecule has 1 fully saturated rings. The lowest BCUT2D eigenvalue weighted by atomic mass is 9.93. The largest absolute Gasteiger partial charge is 0.481 e. The highest BCUT2D eigenvalue weighted by molar-refractivity contribution is 7.22. The first-order chi connectivity index (χ1) is 19.4. The van der Waals surface area contributed by atoms with Crippen LogP contribution >= 0.6 is 22.9 Å². The van der Waals surface area contributed by atoms with Crippen molar-refractivity contribution in [3.63, 3.8) is 0 Å². The quantitative estimate of drug-likeness (QED) is 0.252. The highest BCUT2D eigenvalue weighted by Crippen LogP contribution is 2.41. The summed E-state index contributed by atoms with van der Waals surface area (Å²) in [6.45, 7) is 5.96. The minimum absolute atomic E-state index is 0.0660. The number of rotatable bonds is 6. The lowest BCUT2D eigenvalue weighted by Crippen LogP contribution is -2.44. The van der Waals surface area contributed by atoms with Gasteiger partial charge in [-0.2, -0.15) is 0 Å². The van der Waals surface area contributed by atoms with Gasteiger partial charge >= 0.3 is 5.97 Å². The number of piperazine rings is 1. The Balaban J connectivity index is 1.37. The number of aliphatic carboxylic acids is 1. The van der Waals surface area contributed by atoms with E-state index in [-0.39, 0.29) is 6.42 Å². The summed E-state index contributed by atoms with van der Waals surface area (Å²) >= 11 is 7.72. The summed E-state index contributed by atoms with van der Waals surface area (Å²) in [5.74, 6) is 0.120. The van der Waals surface area contributed by atoms with E-state index in [1.54, 1.807) is 17.5 Å². The van der Waals surface area contributed by atoms with E-state index >= 15 is 0 Å². The van der Waals surface area contributed by atoms with Gasteiger partial charge in [0.05, 0.1) is 22.3 Å². The van der Waals surface area contributed by atoms with Crippen LogP contribution in [0.4, 0.5) is 5.82 Å². The van der Waals surface area contributed by atoms with Crippen molar-refractivity contribution >= 4 is 44.9 Å². The van der Waals surface area contributed by atoms with Gasteiger partial charge in [-0.05, 0) is 73.1 Å². The summed E-state index contributed by atoms with van der Waals surface area (Å²) in [5, 5.41) is 11.1. The number of aromatic nitrogens is 3. The van der Waals surface area contributed by atoms with E-state index in [0.717, 1.165) is 86.3 Å². The van der Waals surface area contributed by atoms with Crippen molar-refractivity contribution in [3.8, 4) is 33.0 Å². The van der Waals surface area contributed by atoms with E-state index in [0.29, 0.717) is 5.02 Å². The fourth-order valence-corrected chi connectivity index (χ4v) is 6.40. The van der Waals surface area contributed by atoms with Gasteiger partial charge in [-0.1, -0.05) is 23.7 Å². The number of aryl methyl sites for hydroxylation is 1. The number of hydrogen-bond donors (Lipinski definition) is 1. The number of hydrogen-bond acceptors (Lipinski definition) is 7. The Morgan fingerprint density at radius 1 is 0.975 bits per heavy atom. The molecule has 0 amide bonds. The molecule has 5 aromatic rings. The van der Waals surface area contributed by atoms with E-state index in [2.05, 4.69) is 34.0 Å². The predicted octanol–water partition coefficient (Wildman–Crippen LogP) is 6.43. The van der Waals surface area contributed by atoms with Crippen molar-refractivity contribution in [2.45, 2.75) is 13.3 Å². The maximum Gasteiger partial charge on any atom is 0.307 e. The third-order valence-electron chi connectivity index (χ3n) is 7.35. The molecule has 1 saturated heterocycles. The molecule has 0 aliphatic carbocycles. The van der Waals surface area contributed by atoms with Gasteiger partial charge in [-0.15, -0.1) is 11.3 Å². The van der Waals surface area contributed by atoms with Gasteiger partial charge < -0.3 is 14.9 Å². The first-order valence-corrected chi connectivity index (χ1v) is 14.3. The van der Waals surface area contributed by atoms with Crippen LogP contribution in [0.3, 0.4) is 0 Å². The number of halogens is 1. The Bertz CT molecular complexity index is 1690. The second-order valence-corrected chi connectivity index (χ2v) is 11.6. The molecule has 202 valence electrons. The molecule has 3 aromatic heterocycles. The van der Waals surface area contributed by atoms with E-state index in [1.807, 2.05) is 55.6 Å². The van der Waals surface area contributed by atoms with Crippen molar-refractivity contribution in [2.24, 2.45) is 0 Å². The molecule has 9 heteroatoms. The van der Waals surface area contributed by atoms with Crippen molar-refractivity contribution in [1.82, 2.24) is 19.9 Å². The van der Waals surface area contributed by atoms with Gasteiger partial charge in [0.2, 0.25) is 0 Å². The van der Waals surface area contributed by atoms with Crippen LogP contribution in [0.15, 0.2) is 67.0 Å². The monoisotopic (exact) mass is 569 g/mol. The number of nitrogens with zero attached hydrogens (tertiary/aromatic N) is 5. The first-order valence-electron chi connectivity index (χ1n) is 13.1. The number of thiazole rings is 1. The zero-order valence-electron chi connectivity index (χ0n) is 22.3. The van der Waals surface area contributed by atoms with E-state index in [9.17, 15) is 9.90 Å². The van der Waals surface area contributed by atoms with Crippen LogP contribution in [0.2, 0.25) is 5.02 Å². The standard InChI is InChI=1S/C31H28ClN5O2S/c1-19-15-26-30(29(24(19)17-28(38)39)20-3-6-23(32)7-4-20)40-31(35-26)21-9-10-33-25(16-21)22-5-8-27(34-18-22)37-13-11-36(2)12-14-37/h3-10,15-16,18H,11-14,17H2,1-2H3,(H,38,39). The maximum atomic E-state index is 11.8. The molecule has 4 heterocycles. The molecule has 2 aromatic carbocycles. The number of fused-ring (bicyclic) bond motifs is 1. The number of carbonyl (C=O) groups is 1. The lowest BCUT2D eigenvalue weighted by Gasteiger charge is -2.33. The second kappa shape index (κ2) is 11.0. The average molecular weight is 570 g/mol. The molecule has 0 spiro atoms. The number of pyridine rings is 2. The molecule has 1 aliphatic rings. The molecule has 0 saturated carbocycles. The Labute approximate surface area is 241 Å². The number of anilines is 1. The third kappa shape index (κ3) is 5.30. The summed E-state index contributed by atoms with van der Waals surface area (Å²) < 4.78 is 0.954. The molecule has 0 bridgehead atoms. The molecule has 6 rings (SSSR count). The maximum absolute atomic E-state index is 11.8. The van der Waals surface area contributed by atoms with E-state index < -0.39 is 5.97 Å². The number of benzene rings is 2. The van der Waals surface area contributed by atoms with Crippen molar-refractivity contribution < 1.29 is 9.90 Å². The third-order valence-corrected chi connectivity index (χ3v) is 8.74. The number of likely N-dealkylation sites (N-methyl/N-ethyl adjacent to an activating group) is 1. The number of carboxylic acids is 1. The Hall–Kier alpha value is -3.85. The summed E-state index contributed by atoms with van der Waals surface area (Å²) in [7, 11) is 2.15. The van der Waals surface area contributed by atoms with Crippen LogP contribution in [0, 0.1) is 6.92 Å². The van der Waals surface area contributed by atoms with Gasteiger partial charge in [0, 0.05) is 60.3 Å². The summed E-state index contributed by atoms with van der Waals surface area (Å²) in [6, 6.07) is 17.7. The molecule has 1 N–H and O–H groups in total. The molecule has 0 unspecified atom stereocenters. The zero-order valence-corrected chi connectivity index (χ0v) is 23.8. The summed E-state index contributed by atoms with van der Waals surface area (Å²) in [4.78, 5) is 30.7. The molecule has 40 heavy (non-hydrogen) atoms. The van der Waals surface area contributed by atoms with Crippen LogP contribution in [-0.2, 0) is 11.2 Å². The Morgan fingerprint density at radius 3 is 2.42 bits per heavy atom. The van der Waals surface area contributed by atoms with E-state index in [4.69, 9.17) is 21.6 Å². The van der Waals surface area contributed by atoms with Crippen LogP contribution in [0.5, 0.6) is 0 Å². The zero-order chi connectivity index (χ0) is 27.8. The summed E-state index contributed by atoms with van der Waals surface area (Å²) in [6.07, 6.45) is 3.62.